The number of aliphatic carboxylic acids is 4. The molecule has 0 aromatic heterocycles. The lowest BCUT2D eigenvalue weighted by atomic mass is 10.1. The van der Waals surface area contributed by atoms with E-state index >= 15 is 0 Å². The van der Waals surface area contributed by atoms with Gasteiger partial charge in [0.1, 0.15) is 18.7 Å². The van der Waals surface area contributed by atoms with Crippen LogP contribution in [0.5, 0.6) is 0 Å². The van der Waals surface area contributed by atoms with Gasteiger partial charge in [0.05, 0.1) is 0 Å². The molecule has 392 valence electrons. The normalized spacial score (nSPS) is 12.1. The summed E-state index contributed by atoms with van der Waals surface area (Å²) in [5.74, 6) is -4.86. The van der Waals surface area contributed by atoms with Gasteiger partial charge < -0.3 is 51.9 Å². The molecule has 0 saturated heterocycles. The van der Waals surface area contributed by atoms with Crippen molar-refractivity contribution in [1.29, 1.82) is 0 Å². The molecular formula is C58H72N2O13. The topological polar surface area (TPSA) is 288 Å². The molecule has 0 aliphatic rings. The smallest absolute Gasteiger partial charge is 0.335 e. The van der Waals surface area contributed by atoms with Crippen molar-refractivity contribution in [3.05, 3.63) is 213 Å². The van der Waals surface area contributed by atoms with Crippen molar-refractivity contribution in [3.63, 3.8) is 0 Å². The minimum atomic E-state index is -1.30. The van der Waals surface area contributed by atoms with E-state index in [1.807, 2.05) is 186 Å². The lowest BCUT2D eigenvalue weighted by Gasteiger charge is -2.11. The van der Waals surface area contributed by atoms with E-state index in [2.05, 4.69) is 0 Å². The highest BCUT2D eigenvalue weighted by Gasteiger charge is 2.18. The Hall–Kier alpha value is -7.53. The zero-order valence-corrected chi connectivity index (χ0v) is 41.3. The average Bonchev–Trinajstić information content (AvgIpc) is 3.35. The molecule has 15 nitrogen and oxygen atoms in total. The van der Waals surface area contributed by atoms with Crippen LogP contribution in [-0.2, 0) is 67.4 Å². The van der Waals surface area contributed by atoms with Gasteiger partial charge in [-0.15, -0.1) is 0 Å². The largest absolute Gasteiger partial charge is 0.480 e. The van der Waals surface area contributed by atoms with Crippen LogP contribution in [0.4, 0.5) is 0 Å². The standard InChI is InChI=1S/C17H18O3.2C10H13NO2.2C10H12O3.CH4/c1-13-7-9-14(10-8-13)11-16(18)17(19)20-12-15-5-3-2-4-6-15;4*1-7-2-4-8(5-3-7)6-9(11)10(12)13;/h2-10,16,18H,11-12H2,1H3;2*2-5,9H,6,11H2,1H3,(H,12,13);2*2-5,9,11H,6H2,1H3,(H,12,13);1H4/t16-;4*9-;/m11111./s1. The minimum Gasteiger partial charge on any atom is -0.480 e. The van der Waals surface area contributed by atoms with Crippen molar-refractivity contribution in [2.24, 2.45) is 11.5 Å². The number of ether oxygens (including phenoxy) is 1. The number of carboxylic acid groups (broad SMARTS) is 4. The summed E-state index contributed by atoms with van der Waals surface area (Å²) in [6, 6.07) is 45.8. The van der Waals surface area contributed by atoms with Crippen LogP contribution >= 0.6 is 0 Å². The van der Waals surface area contributed by atoms with Gasteiger partial charge in [0.2, 0.25) is 0 Å². The highest BCUT2D eigenvalue weighted by atomic mass is 16.5. The fraction of sp³-hybridized carbons (Fsp3) is 0.293. The molecule has 0 saturated carbocycles. The third-order valence-corrected chi connectivity index (χ3v) is 10.5. The maximum absolute atomic E-state index is 11.7. The van der Waals surface area contributed by atoms with Gasteiger partial charge in [-0.2, -0.15) is 0 Å². The number of carbonyl (C=O) groups is 5. The Kier molecular flexibility index (Phi) is 29.5. The number of carbonyl (C=O) groups excluding carboxylic acids is 1. The Labute approximate surface area is 428 Å². The molecular weight excluding hydrogens is 933 g/mol. The minimum absolute atomic E-state index is 0. The summed E-state index contributed by atoms with van der Waals surface area (Å²) < 4.78 is 5.10. The van der Waals surface area contributed by atoms with Crippen molar-refractivity contribution in [1.82, 2.24) is 0 Å². The molecule has 11 N–H and O–H groups in total. The second-order valence-corrected chi connectivity index (χ2v) is 17.2. The van der Waals surface area contributed by atoms with Gasteiger partial charge >= 0.3 is 29.8 Å². The predicted octanol–water partition coefficient (Wildman–Crippen LogP) is 7.14. The lowest BCUT2D eigenvalue weighted by Crippen LogP contribution is -2.32. The molecule has 0 spiro atoms. The van der Waals surface area contributed by atoms with E-state index in [0.29, 0.717) is 12.8 Å². The third-order valence-electron chi connectivity index (χ3n) is 10.5. The van der Waals surface area contributed by atoms with E-state index < -0.39 is 60.2 Å². The van der Waals surface area contributed by atoms with E-state index in [9.17, 15) is 29.1 Å². The van der Waals surface area contributed by atoms with Crippen molar-refractivity contribution < 1.29 is 64.5 Å². The fourth-order valence-corrected chi connectivity index (χ4v) is 6.06. The molecule has 0 radical (unpaired) electrons. The van der Waals surface area contributed by atoms with Gasteiger partial charge in [-0.05, 0) is 80.8 Å². The van der Waals surface area contributed by atoms with Crippen LogP contribution in [-0.4, -0.2) is 96.0 Å². The molecule has 6 aromatic carbocycles. The maximum Gasteiger partial charge on any atom is 0.335 e. The van der Waals surface area contributed by atoms with Gasteiger partial charge in [-0.1, -0.05) is 187 Å². The second-order valence-electron chi connectivity index (χ2n) is 17.2. The molecule has 0 fully saturated rings. The summed E-state index contributed by atoms with van der Waals surface area (Å²) in [4.78, 5) is 53.2. The number of esters is 1. The van der Waals surface area contributed by atoms with Crippen LogP contribution in [0.2, 0.25) is 0 Å². The Morgan fingerprint density at radius 2 is 0.616 bits per heavy atom. The Balaban J connectivity index is 0.000000461. The number of nitrogens with two attached hydrogens (primary N) is 2. The van der Waals surface area contributed by atoms with Crippen molar-refractivity contribution in [3.8, 4) is 0 Å². The number of hydrogen-bond donors (Lipinski definition) is 9. The molecule has 0 amide bonds. The molecule has 0 heterocycles. The second kappa shape index (κ2) is 33.9. The SMILES string of the molecule is C.Cc1ccc(C[C@@H](N)C(=O)O)cc1.Cc1ccc(C[C@@H](N)C(=O)O)cc1.Cc1ccc(C[C@@H](O)C(=O)O)cc1.Cc1ccc(C[C@@H](O)C(=O)O)cc1.Cc1ccc(C[C@@H](O)C(=O)OCc2ccccc2)cc1. The number of rotatable bonds is 17. The summed E-state index contributed by atoms with van der Waals surface area (Å²) in [7, 11) is 0. The van der Waals surface area contributed by atoms with Gasteiger partial charge in [0.25, 0.3) is 0 Å². The number of aliphatic hydroxyl groups is 3. The average molecular weight is 1010 g/mol. The molecule has 73 heavy (non-hydrogen) atoms. The van der Waals surface area contributed by atoms with Crippen LogP contribution in [0.15, 0.2) is 152 Å². The zero-order chi connectivity index (χ0) is 53.8. The summed E-state index contributed by atoms with van der Waals surface area (Å²) in [6.45, 7) is 10.1. The third kappa shape index (κ3) is 27.6. The predicted molar refractivity (Wildman–Crippen MR) is 282 cm³/mol. The van der Waals surface area contributed by atoms with Crippen LogP contribution in [0.3, 0.4) is 0 Å². The Morgan fingerprint density at radius 3 is 0.863 bits per heavy atom. The zero-order valence-electron chi connectivity index (χ0n) is 41.3. The lowest BCUT2D eigenvalue weighted by molar-refractivity contribution is -0.155. The van der Waals surface area contributed by atoms with E-state index in [4.69, 9.17) is 46.8 Å². The fourth-order valence-electron chi connectivity index (χ4n) is 6.06. The maximum atomic E-state index is 11.7. The Morgan fingerprint density at radius 1 is 0.370 bits per heavy atom. The monoisotopic (exact) mass is 1000 g/mol. The molecule has 0 aliphatic heterocycles. The van der Waals surface area contributed by atoms with Crippen molar-refractivity contribution in [2.75, 3.05) is 0 Å². The first-order chi connectivity index (χ1) is 34.0. The van der Waals surface area contributed by atoms with Crippen LogP contribution < -0.4 is 11.5 Å². The number of carboxylic acids is 4. The first kappa shape index (κ1) is 63.5. The molecule has 0 unspecified atom stereocenters. The van der Waals surface area contributed by atoms with E-state index in [1.165, 1.54) is 0 Å². The summed E-state index contributed by atoms with van der Waals surface area (Å²) >= 11 is 0. The summed E-state index contributed by atoms with van der Waals surface area (Å²) in [5.41, 5.74) is 21.9. The highest BCUT2D eigenvalue weighted by molar-refractivity contribution is 5.75. The first-order valence-electron chi connectivity index (χ1n) is 23.0. The van der Waals surface area contributed by atoms with Gasteiger partial charge in [0.15, 0.2) is 18.3 Å². The molecule has 0 bridgehead atoms. The Bertz CT molecular complexity index is 2280. The first-order valence-corrected chi connectivity index (χ1v) is 23.0. The van der Waals surface area contributed by atoms with Crippen molar-refractivity contribution in [2.45, 2.75) is 111 Å². The summed E-state index contributed by atoms with van der Waals surface area (Å²) in [5, 5.41) is 62.0. The van der Waals surface area contributed by atoms with Gasteiger partial charge in [-0.25, -0.2) is 14.4 Å². The van der Waals surface area contributed by atoms with Crippen molar-refractivity contribution >= 4 is 29.8 Å². The van der Waals surface area contributed by atoms with Gasteiger partial charge in [0, 0.05) is 19.3 Å². The van der Waals surface area contributed by atoms with E-state index in [0.717, 1.165) is 61.2 Å². The molecule has 15 heteroatoms. The van der Waals surface area contributed by atoms with Crippen LogP contribution in [0, 0.1) is 34.6 Å². The van der Waals surface area contributed by atoms with Gasteiger partial charge in [-0.3, -0.25) is 9.59 Å². The number of aliphatic hydroxyl groups excluding tert-OH is 3. The highest BCUT2D eigenvalue weighted by Crippen LogP contribution is 2.11. The van der Waals surface area contributed by atoms with Crippen LogP contribution in [0.25, 0.3) is 0 Å². The molecule has 5 atom stereocenters. The van der Waals surface area contributed by atoms with Crippen LogP contribution in [0.1, 0.15) is 68.6 Å². The quantitative estimate of drug-likeness (QED) is 0.0410. The van der Waals surface area contributed by atoms with E-state index in [-0.39, 0.29) is 33.3 Å². The number of aryl methyl sites for hydroxylation is 5. The molecule has 0 aliphatic carbocycles. The van der Waals surface area contributed by atoms with E-state index in [1.54, 1.807) is 0 Å². The molecule has 6 aromatic rings. The summed E-state index contributed by atoms with van der Waals surface area (Å²) in [6.07, 6.45) is -2.36. The number of benzene rings is 6. The molecule has 6 rings (SSSR count). The number of hydrogen-bond acceptors (Lipinski definition) is 11.